The second-order valence-electron chi connectivity index (χ2n) is 17.6. The zero-order valence-electron chi connectivity index (χ0n) is 38.1. The van der Waals surface area contributed by atoms with E-state index in [0.717, 1.165) is 79.8 Å². The fourth-order valence-electron chi connectivity index (χ4n) is 7.74. The molecular weight excluding hydrogens is 1040 g/mol. The number of carbonyl (C=O) groups excluding carboxylic acids is 3. The van der Waals surface area contributed by atoms with Gasteiger partial charge >= 0.3 is 42.3 Å². The Kier molecular flexibility index (Phi) is 22.3. The number of piperazine rings is 2. The average molecular weight is 1100 g/mol. The number of alkyl halides is 12. The molecule has 27 heteroatoms. The van der Waals surface area contributed by atoms with Crippen LogP contribution in [0.15, 0.2) is 36.4 Å². The van der Waals surface area contributed by atoms with Crippen LogP contribution in [0.1, 0.15) is 65.0 Å². The third kappa shape index (κ3) is 19.7. The van der Waals surface area contributed by atoms with Crippen LogP contribution in [0.25, 0.3) is 0 Å². The van der Waals surface area contributed by atoms with Crippen molar-refractivity contribution in [1.82, 2.24) is 19.6 Å². The molecule has 0 saturated carbocycles. The fraction of sp³-hybridized carbons (Fsp3) is 0.659. The van der Waals surface area contributed by atoms with E-state index in [1.807, 2.05) is 48.8 Å². The van der Waals surface area contributed by atoms with Gasteiger partial charge in [-0.2, -0.15) is 52.7 Å². The van der Waals surface area contributed by atoms with Crippen LogP contribution in [0, 0.1) is 0 Å². The molecule has 4 fully saturated rings. The molecule has 6 rings (SSSR count). The van der Waals surface area contributed by atoms with E-state index in [0.29, 0.717) is 37.7 Å². The van der Waals surface area contributed by atoms with Crippen molar-refractivity contribution in [3.63, 3.8) is 0 Å². The number of carbonyl (C=O) groups is 3. The maximum Gasteiger partial charge on any atom is 0.434 e. The SMILES string of the molecule is C.CC(C)(C)OC(=O)N1CCN(Cc2ccc(Cl)cc2N2CCCC2)CC1.O=C(Cl)OC(C(F)(F)F)C(F)(F)F.O=C(OC(C(F)(F)F)C(F)(F)F)N1CCN(Cc2ccc(Cl)cc2N2CCCC2)CC1. The number of ether oxygens (including phenoxy) is 3. The van der Waals surface area contributed by atoms with Crippen LogP contribution >= 0.6 is 34.8 Å². The van der Waals surface area contributed by atoms with E-state index < -0.39 is 54.0 Å². The van der Waals surface area contributed by atoms with Crippen LogP contribution in [-0.2, 0) is 27.3 Å². The molecule has 0 aliphatic carbocycles. The van der Waals surface area contributed by atoms with Gasteiger partial charge in [0.15, 0.2) is 0 Å². The molecule has 4 aliphatic rings. The number of rotatable bonds is 8. The fourth-order valence-corrected chi connectivity index (χ4v) is 8.16. The van der Waals surface area contributed by atoms with Gasteiger partial charge in [0.05, 0.1) is 0 Å². The highest BCUT2D eigenvalue weighted by molar-refractivity contribution is 6.61. The summed E-state index contributed by atoms with van der Waals surface area (Å²) in [5.41, 5.74) is 2.02. The van der Waals surface area contributed by atoms with Gasteiger partial charge in [0.25, 0.3) is 12.2 Å². The summed E-state index contributed by atoms with van der Waals surface area (Å²) in [6.45, 7) is 14.9. The van der Waals surface area contributed by atoms with Crippen LogP contribution in [0.5, 0.6) is 0 Å². The smallest absolute Gasteiger partial charge is 0.434 e. The second kappa shape index (κ2) is 25.8. The first-order valence-corrected chi connectivity index (χ1v) is 23.0. The summed E-state index contributed by atoms with van der Waals surface area (Å²) in [6, 6.07) is 11.8. The van der Waals surface area contributed by atoms with E-state index in [1.165, 1.54) is 24.1 Å². The molecular formula is C44H57Cl3F12N6O6. The third-order valence-corrected chi connectivity index (χ3v) is 11.6. The first-order chi connectivity index (χ1) is 32.3. The maximum atomic E-state index is 12.6. The monoisotopic (exact) mass is 1100 g/mol. The molecule has 0 N–H and O–H groups in total. The zero-order valence-corrected chi connectivity index (χ0v) is 40.4. The normalized spacial score (nSPS) is 17.6. The van der Waals surface area contributed by atoms with E-state index in [9.17, 15) is 67.1 Å². The van der Waals surface area contributed by atoms with Crippen molar-refractivity contribution in [3.8, 4) is 0 Å². The molecule has 71 heavy (non-hydrogen) atoms. The Morgan fingerprint density at radius 3 is 1.14 bits per heavy atom. The van der Waals surface area contributed by atoms with Crippen LogP contribution in [0.3, 0.4) is 0 Å². The van der Waals surface area contributed by atoms with Crippen molar-refractivity contribution in [3.05, 3.63) is 57.6 Å². The molecule has 4 heterocycles. The van der Waals surface area contributed by atoms with E-state index >= 15 is 0 Å². The van der Waals surface area contributed by atoms with Crippen molar-refractivity contribution in [2.45, 2.75) is 109 Å². The number of amides is 2. The standard InChI is InChI=1S/C20H30ClN3O2.C19H22ClF6N3O2.C4HClF6O2.CH4/c1-20(2,3)26-19(25)24-12-10-22(11-13-24)15-16-6-7-17(21)14-18(16)23-8-4-5-9-23;20-14-4-3-13(15(11-14)28-5-1-2-6-28)12-27-7-9-29(10-8-27)17(30)31-16(18(21,22)23)19(24,25)26;5-2(12)13-1(3(6,7)8)4(9,10)11;/h6-7,14H,4-5,8-13,15H2,1-3H3;3-4,11,16H,1-2,5-10,12H2;1H;1H4. The Morgan fingerprint density at radius 1 is 0.521 bits per heavy atom. The summed E-state index contributed by atoms with van der Waals surface area (Å²) >= 11 is 16.6. The van der Waals surface area contributed by atoms with Gasteiger partial charge in [-0.25, -0.2) is 14.4 Å². The minimum Gasteiger partial charge on any atom is -0.444 e. The number of anilines is 2. The number of halogens is 15. The van der Waals surface area contributed by atoms with E-state index in [4.69, 9.17) is 27.9 Å². The summed E-state index contributed by atoms with van der Waals surface area (Å²) in [5, 5.41) is 1.41. The molecule has 404 valence electrons. The Balaban J connectivity index is 0.000000302. The first-order valence-electron chi connectivity index (χ1n) is 21.9. The minimum atomic E-state index is -5.73. The second-order valence-corrected chi connectivity index (χ2v) is 18.8. The molecule has 4 aliphatic heterocycles. The lowest BCUT2D eigenvalue weighted by Crippen LogP contribution is -2.52. The minimum absolute atomic E-state index is 0. The van der Waals surface area contributed by atoms with E-state index in [-0.39, 0.29) is 26.6 Å². The van der Waals surface area contributed by atoms with Gasteiger partial charge < -0.3 is 33.8 Å². The summed E-state index contributed by atoms with van der Waals surface area (Å²) in [7, 11) is 0. The lowest BCUT2D eigenvalue weighted by molar-refractivity contribution is -0.308. The summed E-state index contributed by atoms with van der Waals surface area (Å²) in [5.74, 6) is 0. The van der Waals surface area contributed by atoms with Gasteiger partial charge in [0.1, 0.15) is 5.60 Å². The highest BCUT2D eigenvalue weighted by atomic mass is 35.5. The van der Waals surface area contributed by atoms with Crippen molar-refractivity contribution < 1.29 is 81.3 Å². The number of benzene rings is 2. The Hall–Kier alpha value is -4.00. The van der Waals surface area contributed by atoms with Crippen molar-refractivity contribution in [2.24, 2.45) is 0 Å². The molecule has 2 aromatic rings. The van der Waals surface area contributed by atoms with Crippen LogP contribution < -0.4 is 9.80 Å². The van der Waals surface area contributed by atoms with E-state index in [1.54, 1.807) is 6.07 Å². The van der Waals surface area contributed by atoms with Crippen LogP contribution in [-0.4, -0.2) is 158 Å². The molecule has 4 saturated heterocycles. The van der Waals surface area contributed by atoms with Crippen molar-refractivity contribution in [2.75, 3.05) is 88.3 Å². The van der Waals surface area contributed by atoms with Gasteiger partial charge in [0.2, 0.25) is 0 Å². The summed E-state index contributed by atoms with van der Waals surface area (Å²) in [4.78, 5) is 45.5. The first kappa shape index (κ1) is 61.3. The predicted octanol–water partition coefficient (Wildman–Crippen LogP) is 12.2. The molecule has 12 nitrogen and oxygen atoms in total. The number of hydrogen-bond acceptors (Lipinski definition) is 10. The molecule has 2 amide bonds. The zero-order chi connectivity index (χ0) is 52.4. The Morgan fingerprint density at radius 2 is 0.845 bits per heavy atom. The average Bonchev–Trinajstić information content (AvgIpc) is 3.98. The largest absolute Gasteiger partial charge is 0.444 e. The van der Waals surface area contributed by atoms with Crippen molar-refractivity contribution >= 4 is 63.8 Å². The third-order valence-electron chi connectivity index (χ3n) is 11.0. The molecule has 0 bridgehead atoms. The molecule has 0 spiro atoms. The number of nitrogens with zero attached hydrogens (tertiary/aromatic N) is 6. The van der Waals surface area contributed by atoms with Gasteiger partial charge in [-0.1, -0.05) is 42.8 Å². The Labute approximate surface area is 418 Å². The van der Waals surface area contributed by atoms with Crippen LogP contribution in [0.2, 0.25) is 10.0 Å². The highest BCUT2D eigenvalue weighted by Crippen LogP contribution is 2.38. The van der Waals surface area contributed by atoms with Gasteiger partial charge in [-0.15, -0.1) is 0 Å². The van der Waals surface area contributed by atoms with Crippen LogP contribution in [0.4, 0.5) is 78.4 Å². The topological polar surface area (TPSA) is 98.3 Å². The summed E-state index contributed by atoms with van der Waals surface area (Å²) < 4.78 is 157. The van der Waals surface area contributed by atoms with Gasteiger partial charge in [-0.05, 0) is 81.8 Å². The Bertz CT molecular complexity index is 2010. The lowest BCUT2D eigenvalue weighted by Gasteiger charge is -2.36. The quantitative estimate of drug-likeness (QED) is 0.144. The molecule has 0 radical (unpaired) electrons. The highest BCUT2D eigenvalue weighted by Gasteiger charge is 2.61. The van der Waals surface area contributed by atoms with E-state index in [2.05, 4.69) is 47.9 Å². The molecule has 0 atom stereocenters. The lowest BCUT2D eigenvalue weighted by atomic mass is 10.1. The van der Waals surface area contributed by atoms with Crippen molar-refractivity contribution in [1.29, 1.82) is 0 Å². The molecule has 2 aromatic carbocycles. The maximum absolute atomic E-state index is 12.6. The van der Waals surface area contributed by atoms with Gasteiger partial charge in [0, 0.05) is 125 Å². The van der Waals surface area contributed by atoms with Gasteiger partial charge in [-0.3, -0.25) is 9.80 Å². The molecule has 0 aromatic heterocycles. The number of hydrogen-bond donors (Lipinski definition) is 0. The molecule has 0 unspecified atom stereocenters. The summed E-state index contributed by atoms with van der Waals surface area (Å²) in [6.07, 6.45) is -28.4. The predicted molar refractivity (Wildman–Crippen MR) is 243 cm³/mol.